The lowest BCUT2D eigenvalue weighted by atomic mass is 9.85. The van der Waals surface area contributed by atoms with E-state index in [2.05, 4.69) is 21.6 Å². The maximum absolute atomic E-state index is 12.1. The quantitative estimate of drug-likeness (QED) is 0.879. The van der Waals surface area contributed by atoms with Gasteiger partial charge in [0.25, 0.3) is 10.0 Å². The second-order valence-corrected chi connectivity index (χ2v) is 6.76. The van der Waals surface area contributed by atoms with Crippen LogP contribution in [0.5, 0.6) is 0 Å². The summed E-state index contributed by atoms with van der Waals surface area (Å²) in [7, 11) is -3.43. The fourth-order valence-corrected chi connectivity index (χ4v) is 3.78. The molecule has 6 heteroatoms. The summed E-state index contributed by atoms with van der Waals surface area (Å²) in [6.45, 7) is 3.94. The van der Waals surface area contributed by atoms with E-state index in [0.29, 0.717) is 5.82 Å². The highest BCUT2D eigenvalue weighted by Crippen LogP contribution is 2.27. The van der Waals surface area contributed by atoms with Gasteiger partial charge in [0.2, 0.25) is 0 Å². The minimum Gasteiger partial charge on any atom is -0.332 e. The van der Waals surface area contributed by atoms with Crippen molar-refractivity contribution in [3.05, 3.63) is 12.0 Å². The number of nitrogens with zero attached hydrogens (tertiary/aromatic N) is 1. The van der Waals surface area contributed by atoms with Gasteiger partial charge in [-0.2, -0.15) is 0 Å². The van der Waals surface area contributed by atoms with Crippen LogP contribution in [0.1, 0.15) is 44.9 Å². The van der Waals surface area contributed by atoms with Crippen LogP contribution in [0, 0.1) is 12.8 Å². The first-order chi connectivity index (χ1) is 8.51. The topological polar surface area (TPSA) is 74.8 Å². The second-order valence-electron chi connectivity index (χ2n) is 5.08. The van der Waals surface area contributed by atoms with Crippen LogP contribution in [0.25, 0.3) is 0 Å². The smallest absolute Gasteiger partial charge is 0.257 e. The van der Waals surface area contributed by atoms with Gasteiger partial charge in [-0.1, -0.05) is 13.3 Å². The SMILES string of the molecule is CCC1CCC(NS(=O)(=O)c2cnc(C)[nH]2)CC1. The van der Waals surface area contributed by atoms with E-state index in [0.717, 1.165) is 31.6 Å². The summed E-state index contributed by atoms with van der Waals surface area (Å²) in [5, 5.41) is 0.164. The third-order valence-electron chi connectivity index (χ3n) is 3.71. The van der Waals surface area contributed by atoms with Gasteiger partial charge in [0.05, 0.1) is 6.20 Å². The number of hydrogen-bond donors (Lipinski definition) is 2. The molecule has 0 aliphatic heterocycles. The molecule has 1 aliphatic rings. The zero-order valence-corrected chi connectivity index (χ0v) is 11.8. The minimum atomic E-state index is -3.43. The molecular weight excluding hydrogens is 250 g/mol. The van der Waals surface area contributed by atoms with Gasteiger partial charge in [-0.15, -0.1) is 0 Å². The predicted molar refractivity (Wildman–Crippen MR) is 69.7 cm³/mol. The Balaban J connectivity index is 1.97. The van der Waals surface area contributed by atoms with Crippen LogP contribution in [0.15, 0.2) is 11.2 Å². The molecule has 0 spiro atoms. The maximum atomic E-state index is 12.1. The Bertz CT molecular complexity index is 487. The average Bonchev–Trinajstić information content (AvgIpc) is 2.77. The van der Waals surface area contributed by atoms with Gasteiger partial charge in [-0.25, -0.2) is 18.1 Å². The molecule has 1 saturated carbocycles. The first kappa shape index (κ1) is 13.5. The van der Waals surface area contributed by atoms with Crippen molar-refractivity contribution in [1.82, 2.24) is 14.7 Å². The molecule has 0 radical (unpaired) electrons. The Morgan fingerprint density at radius 2 is 2.06 bits per heavy atom. The lowest BCUT2D eigenvalue weighted by Crippen LogP contribution is -2.37. The Labute approximate surface area is 108 Å². The predicted octanol–water partition coefficient (Wildman–Crippen LogP) is 1.97. The molecule has 0 saturated heterocycles. The van der Waals surface area contributed by atoms with Gasteiger partial charge in [-0.05, 0) is 38.5 Å². The minimum absolute atomic E-state index is 0.0707. The van der Waals surface area contributed by atoms with Gasteiger partial charge in [0.1, 0.15) is 5.82 Å². The van der Waals surface area contributed by atoms with Crippen molar-refractivity contribution in [1.29, 1.82) is 0 Å². The molecule has 1 aromatic rings. The highest BCUT2D eigenvalue weighted by Gasteiger charge is 2.25. The molecule has 1 fully saturated rings. The van der Waals surface area contributed by atoms with Crippen molar-refractivity contribution in [3.63, 3.8) is 0 Å². The van der Waals surface area contributed by atoms with Gasteiger partial charge >= 0.3 is 0 Å². The molecule has 0 amide bonds. The number of imidazole rings is 1. The van der Waals surface area contributed by atoms with Crippen LogP contribution >= 0.6 is 0 Å². The second kappa shape index (κ2) is 5.40. The van der Waals surface area contributed by atoms with Crippen molar-refractivity contribution >= 4 is 10.0 Å². The summed E-state index contributed by atoms with van der Waals surface area (Å²) in [6, 6.07) is 0.0707. The summed E-state index contributed by atoms with van der Waals surface area (Å²) in [5.74, 6) is 1.38. The maximum Gasteiger partial charge on any atom is 0.257 e. The van der Waals surface area contributed by atoms with Crippen LogP contribution in [0.2, 0.25) is 0 Å². The highest BCUT2D eigenvalue weighted by molar-refractivity contribution is 7.89. The Kier molecular flexibility index (Phi) is 4.07. The average molecular weight is 271 g/mol. The number of nitrogens with one attached hydrogen (secondary N) is 2. The largest absolute Gasteiger partial charge is 0.332 e. The van der Waals surface area contributed by atoms with Crippen molar-refractivity contribution < 1.29 is 8.42 Å². The normalized spacial score (nSPS) is 25.2. The van der Waals surface area contributed by atoms with Crippen molar-refractivity contribution in [2.75, 3.05) is 0 Å². The molecule has 2 rings (SSSR count). The summed E-state index contributed by atoms with van der Waals surface area (Å²) in [4.78, 5) is 6.69. The fraction of sp³-hybridized carbons (Fsp3) is 0.750. The lowest BCUT2D eigenvalue weighted by Gasteiger charge is -2.27. The van der Waals surface area contributed by atoms with E-state index < -0.39 is 10.0 Å². The first-order valence-electron chi connectivity index (χ1n) is 6.55. The standard InChI is InChI=1S/C12H21N3O2S/c1-3-10-4-6-11(7-5-10)15-18(16,17)12-8-13-9(2)14-12/h8,10-11,15H,3-7H2,1-2H3,(H,13,14). The molecule has 0 unspecified atom stereocenters. The summed E-state index contributed by atoms with van der Waals surface area (Å²) >= 11 is 0. The monoisotopic (exact) mass is 271 g/mol. The molecule has 102 valence electrons. The van der Waals surface area contributed by atoms with E-state index in [1.807, 2.05) is 0 Å². The lowest BCUT2D eigenvalue weighted by molar-refractivity contribution is 0.306. The Morgan fingerprint density at radius 1 is 1.39 bits per heavy atom. The van der Waals surface area contributed by atoms with E-state index in [4.69, 9.17) is 0 Å². The molecule has 2 N–H and O–H groups in total. The van der Waals surface area contributed by atoms with Gasteiger partial charge in [0.15, 0.2) is 5.03 Å². The van der Waals surface area contributed by atoms with Gasteiger partial charge in [-0.3, -0.25) is 0 Å². The zero-order chi connectivity index (χ0) is 13.2. The highest BCUT2D eigenvalue weighted by atomic mass is 32.2. The van der Waals surface area contributed by atoms with E-state index in [1.54, 1.807) is 6.92 Å². The number of rotatable bonds is 4. The van der Waals surface area contributed by atoms with Crippen molar-refractivity contribution in [2.45, 2.75) is 57.0 Å². The molecule has 1 aliphatic carbocycles. The third kappa shape index (κ3) is 3.11. The van der Waals surface area contributed by atoms with Crippen LogP contribution in [-0.2, 0) is 10.0 Å². The number of aromatic nitrogens is 2. The molecule has 0 atom stereocenters. The molecular formula is C12H21N3O2S. The number of aryl methyl sites for hydroxylation is 1. The summed E-state index contributed by atoms with van der Waals surface area (Å²) < 4.78 is 26.9. The Morgan fingerprint density at radius 3 is 2.56 bits per heavy atom. The Hall–Kier alpha value is -0.880. The number of sulfonamides is 1. The molecule has 18 heavy (non-hydrogen) atoms. The number of hydrogen-bond acceptors (Lipinski definition) is 3. The third-order valence-corrected chi connectivity index (χ3v) is 5.15. The summed E-state index contributed by atoms with van der Waals surface area (Å²) in [5.41, 5.74) is 0. The first-order valence-corrected chi connectivity index (χ1v) is 8.03. The molecule has 0 bridgehead atoms. The van der Waals surface area contributed by atoms with Gasteiger partial charge < -0.3 is 4.98 Å². The zero-order valence-electron chi connectivity index (χ0n) is 10.9. The number of aromatic amines is 1. The fourth-order valence-electron chi connectivity index (χ4n) is 2.51. The van der Waals surface area contributed by atoms with E-state index >= 15 is 0 Å². The molecule has 0 aromatic carbocycles. The molecule has 1 aromatic heterocycles. The van der Waals surface area contributed by atoms with E-state index in [-0.39, 0.29) is 11.1 Å². The van der Waals surface area contributed by atoms with Crippen molar-refractivity contribution in [3.8, 4) is 0 Å². The summed E-state index contributed by atoms with van der Waals surface area (Å²) in [6.07, 6.45) is 6.67. The van der Waals surface area contributed by atoms with E-state index in [1.165, 1.54) is 12.6 Å². The van der Waals surface area contributed by atoms with E-state index in [9.17, 15) is 8.42 Å². The van der Waals surface area contributed by atoms with Gasteiger partial charge in [0, 0.05) is 6.04 Å². The van der Waals surface area contributed by atoms with Crippen molar-refractivity contribution in [2.24, 2.45) is 5.92 Å². The van der Waals surface area contributed by atoms with Crippen LogP contribution in [0.4, 0.5) is 0 Å². The van der Waals surface area contributed by atoms with Crippen LogP contribution in [-0.4, -0.2) is 24.4 Å². The molecule has 1 heterocycles. The van der Waals surface area contributed by atoms with Crippen LogP contribution < -0.4 is 4.72 Å². The number of H-pyrrole nitrogens is 1. The van der Waals surface area contributed by atoms with Crippen LogP contribution in [0.3, 0.4) is 0 Å². The molecule has 5 nitrogen and oxygen atoms in total.